The second-order valence-corrected chi connectivity index (χ2v) is 13.0. The Morgan fingerprint density at radius 1 is 0.980 bits per heavy atom. The number of hydrogen-bond donors (Lipinski definition) is 1. The summed E-state index contributed by atoms with van der Waals surface area (Å²) in [5, 5.41) is 20.7. The lowest BCUT2D eigenvalue weighted by Crippen LogP contribution is -2.28. The normalized spacial score (nSPS) is 14.0. The van der Waals surface area contributed by atoms with Crippen LogP contribution in [0.4, 0.5) is 0 Å². The summed E-state index contributed by atoms with van der Waals surface area (Å²) in [6.07, 6.45) is 0.631. The molecule has 1 aliphatic rings. The number of methoxy groups -OCH3 is 2. The molecule has 0 unspecified atom stereocenters. The van der Waals surface area contributed by atoms with Crippen LogP contribution in [0.2, 0.25) is 0 Å². The van der Waals surface area contributed by atoms with Gasteiger partial charge < -0.3 is 19.5 Å². The molecule has 11 nitrogen and oxygen atoms in total. The van der Waals surface area contributed by atoms with E-state index >= 15 is 0 Å². The molecule has 2 aromatic heterocycles. The minimum atomic E-state index is -0.317. The number of hydrazone groups is 1. The summed E-state index contributed by atoms with van der Waals surface area (Å²) in [6, 6.07) is 24.5. The summed E-state index contributed by atoms with van der Waals surface area (Å²) < 4.78 is 18.1. The van der Waals surface area contributed by atoms with Gasteiger partial charge >= 0.3 is 0 Å². The Morgan fingerprint density at radius 2 is 1.76 bits per heavy atom. The molecule has 2 amide bonds. The molecule has 3 aromatic carbocycles. The number of carbonyl (C=O) groups excluding carboxylic acids is 2. The number of aryl methyl sites for hydroxylation is 1. The van der Waals surface area contributed by atoms with Gasteiger partial charge in [-0.2, -0.15) is 5.10 Å². The second-order valence-electron chi connectivity index (χ2n) is 11.1. The van der Waals surface area contributed by atoms with Crippen LogP contribution in [0.5, 0.6) is 17.2 Å². The molecule has 49 heavy (non-hydrogen) atoms. The number of ether oxygens (including phenoxy) is 3. The first-order valence-corrected chi connectivity index (χ1v) is 17.6. The first-order chi connectivity index (χ1) is 23.9. The molecule has 0 saturated carbocycles. The van der Waals surface area contributed by atoms with Gasteiger partial charge in [-0.1, -0.05) is 47.7 Å². The predicted molar refractivity (Wildman–Crippen MR) is 190 cm³/mol. The second kappa shape index (κ2) is 15.4. The number of carbonyl (C=O) groups is 2. The number of amides is 2. The number of nitrogens with zero attached hydrogens (tertiary/aromatic N) is 5. The molecule has 252 valence electrons. The van der Waals surface area contributed by atoms with Crippen molar-refractivity contribution in [3.8, 4) is 22.9 Å². The van der Waals surface area contributed by atoms with E-state index in [4.69, 9.17) is 19.3 Å². The van der Waals surface area contributed by atoms with Gasteiger partial charge in [0, 0.05) is 17.7 Å². The van der Waals surface area contributed by atoms with Gasteiger partial charge in [0.15, 0.2) is 22.5 Å². The number of thioether (sulfide) groups is 1. The van der Waals surface area contributed by atoms with Crippen LogP contribution in [0, 0.1) is 6.92 Å². The molecule has 3 heterocycles. The number of benzene rings is 3. The average Bonchev–Trinajstić information content (AvgIpc) is 3.91. The van der Waals surface area contributed by atoms with Crippen LogP contribution in [-0.2, 0) is 11.3 Å². The van der Waals surface area contributed by atoms with Crippen molar-refractivity contribution in [3.63, 3.8) is 0 Å². The molecule has 0 fully saturated rings. The third-order valence-corrected chi connectivity index (χ3v) is 9.75. The maximum absolute atomic E-state index is 13.9. The fraction of sp³-hybridized carbons (Fsp3) is 0.250. The molecule has 0 spiro atoms. The van der Waals surface area contributed by atoms with E-state index in [1.54, 1.807) is 34.5 Å². The van der Waals surface area contributed by atoms with E-state index in [1.807, 2.05) is 60.2 Å². The van der Waals surface area contributed by atoms with Crippen molar-refractivity contribution in [1.29, 1.82) is 0 Å². The van der Waals surface area contributed by atoms with Crippen LogP contribution in [0.25, 0.3) is 5.69 Å². The highest BCUT2D eigenvalue weighted by Crippen LogP contribution is 2.35. The topological polar surface area (TPSA) is 120 Å². The van der Waals surface area contributed by atoms with Crippen molar-refractivity contribution < 1.29 is 23.8 Å². The van der Waals surface area contributed by atoms with E-state index in [0.29, 0.717) is 41.1 Å². The maximum atomic E-state index is 13.9. The maximum Gasteiger partial charge on any atom is 0.253 e. The minimum Gasteiger partial charge on any atom is -0.494 e. The van der Waals surface area contributed by atoms with Gasteiger partial charge in [0.05, 0.1) is 49.8 Å². The molecule has 1 aliphatic heterocycles. The van der Waals surface area contributed by atoms with E-state index in [2.05, 4.69) is 39.8 Å². The molecular weight excluding hydrogens is 661 g/mol. The largest absolute Gasteiger partial charge is 0.494 e. The molecule has 0 saturated heterocycles. The van der Waals surface area contributed by atoms with E-state index < -0.39 is 0 Å². The number of rotatable bonds is 13. The monoisotopic (exact) mass is 696 g/mol. The highest BCUT2D eigenvalue weighted by atomic mass is 32.2. The highest BCUT2D eigenvalue weighted by Gasteiger charge is 2.33. The molecule has 0 radical (unpaired) electrons. The third kappa shape index (κ3) is 7.63. The van der Waals surface area contributed by atoms with E-state index in [-0.39, 0.29) is 30.2 Å². The van der Waals surface area contributed by atoms with Gasteiger partial charge in [-0.05, 0) is 73.3 Å². The lowest BCUT2D eigenvalue weighted by atomic mass is 10.00. The molecule has 0 aliphatic carbocycles. The summed E-state index contributed by atoms with van der Waals surface area (Å²) in [6.45, 7) is 4.59. The average molecular weight is 697 g/mol. The van der Waals surface area contributed by atoms with Gasteiger partial charge in [-0.25, -0.2) is 5.01 Å². The van der Waals surface area contributed by atoms with Crippen molar-refractivity contribution in [3.05, 3.63) is 112 Å². The first kappa shape index (κ1) is 33.7. The quantitative estimate of drug-likeness (QED) is 0.140. The summed E-state index contributed by atoms with van der Waals surface area (Å²) in [5.74, 6) is 1.81. The zero-order chi connectivity index (χ0) is 34.3. The Kier molecular flexibility index (Phi) is 10.6. The van der Waals surface area contributed by atoms with Crippen LogP contribution >= 0.6 is 23.1 Å². The van der Waals surface area contributed by atoms with Gasteiger partial charge in [0.25, 0.3) is 11.8 Å². The van der Waals surface area contributed by atoms with Crippen LogP contribution < -0.4 is 19.5 Å². The fourth-order valence-electron chi connectivity index (χ4n) is 5.44. The van der Waals surface area contributed by atoms with E-state index in [1.165, 1.54) is 26.0 Å². The minimum absolute atomic E-state index is 0.0801. The smallest absolute Gasteiger partial charge is 0.253 e. The van der Waals surface area contributed by atoms with Crippen molar-refractivity contribution in [1.82, 2.24) is 25.1 Å². The Balaban J connectivity index is 1.24. The molecule has 6 rings (SSSR count). The standard InChI is InChI=1S/C36H36N6O5S2/c1-5-47-27-15-13-26(14-16-27)41-33(21-37-35(44)25-12-17-30(45-3)31(19-25)46-4)38-39-36(41)49-22-34(43)42-29(24-10-8-23(2)9-11-24)20-28(40-42)32-7-6-18-48-32/h6-19,29H,5,20-22H2,1-4H3,(H,37,44)/t29-/m0/s1. The zero-order valence-electron chi connectivity index (χ0n) is 27.6. The van der Waals surface area contributed by atoms with Crippen molar-refractivity contribution in [2.75, 3.05) is 26.6 Å². The highest BCUT2D eigenvalue weighted by molar-refractivity contribution is 7.99. The summed E-state index contributed by atoms with van der Waals surface area (Å²) in [7, 11) is 3.06. The van der Waals surface area contributed by atoms with Gasteiger partial charge in [-0.15, -0.1) is 21.5 Å². The summed E-state index contributed by atoms with van der Waals surface area (Å²) in [4.78, 5) is 28.1. The van der Waals surface area contributed by atoms with E-state index in [0.717, 1.165) is 33.2 Å². The Hall–Kier alpha value is -5.14. The zero-order valence-corrected chi connectivity index (χ0v) is 29.2. The predicted octanol–water partition coefficient (Wildman–Crippen LogP) is 6.45. The Morgan fingerprint density at radius 3 is 2.45 bits per heavy atom. The number of aromatic nitrogens is 3. The Bertz CT molecular complexity index is 1940. The number of hydrogen-bond acceptors (Lipinski definition) is 10. The fourth-order valence-corrected chi connectivity index (χ4v) is 6.98. The molecule has 1 atom stereocenters. The van der Waals surface area contributed by atoms with Gasteiger partial charge in [0.2, 0.25) is 0 Å². The van der Waals surface area contributed by atoms with Crippen LogP contribution in [0.3, 0.4) is 0 Å². The molecule has 5 aromatic rings. The molecular formula is C36H36N6O5S2. The number of thiophene rings is 1. The third-order valence-electron chi connectivity index (χ3n) is 7.92. The van der Waals surface area contributed by atoms with Crippen molar-refractivity contribution >= 4 is 40.6 Å². The van der Waals surface area contributed by atoms with E-state index in [9.17, 15) is 9.59 Å². The van der Waals surface area contributed by atoms with Crippen molar-refractivity contribution in [2.24, 2.45) is 5.10 Å². The summed E-state index contributed by atoms with van der Waals surface area (Å²) >= 11 is 2.88. The molecule has 1 N–H and O–H groups in total. The van der Waals surface area contributed by atoms with Crippen molar-refractivity contribution in [2.45, 2.75) is 38.0 Å². The van der Waals surface area contributed by atoms with Crippen LogP contribution in [0.15, 0.2) is 94.5 Å². The van der Waals surface area contributed by atoms with Gasteiger partial charge in [0.1, 0.15) is 5.75 Å². The lowest BCUT2D eigenvalue weighted by molar-refractivity contribution is -0.130. The lowest BCUT2D eigenvalue weighted by Gasteiger charge is -2.22. The van der Waals surface area contributed by atoms with Crippen LogP contribution in [0.1, 0.15) is 51.6 Å². The summed E-state index contributed by atoms with van der Waals surface area (Å²) in [5.41, 5.74) is 4.24. The van der Waals surface area contributed by atoms with Crippen LogP contribution in [-0.4, -0.2) is 63.9 Å². The van der Waals surface area contributed by atoms with Gasteiger partial charge in [-0.3, -0.25) is 14.2 Å². The molecule has 0 bridgehead atoms. The SMILES string of the molecule is CCOc1ccc(-n2c(CNC(=O)c3ccc(OC)c(OC)c3)nnc2SCC(=O)N2N=C(c3cccs3)C[C@H]2c2ccc(C)cc2)cc1. The molecule has 13 heteroatoms. The number of nitrogens with one attached hydrogen (secondary N) is 1. The Labute approximate surface area is 292 Å². The first-order valence-electron chi connectivity index (χ1n) is 15.7.